The fourth-order valence-corrected chi connectivity index (χ4v) is 5.36. The van der Waals surface area contributed by atoms with E-state index in [1.165, 1.54) is 17.8 Å². The number of aliphatic hydroxyl groups excluding tert-OH is 1. The van der Waals surface area contributed by atoms with Gasteiger partial charge in [0.25, 0.3) is 0 Å². The molecule has 16 heteroatoms. The number of nitrogen functional groups attached to an aromatic ring is 1. The minimum absolute atomic E-state index is 0.00897. The Bertz CT molecular complexity index is 1200. The molecule has 1 saturated carbocycles. The maximum atomic E-state index is 12.8. The monoisotopic (exact) mass is 557 g/mol. The maximum absolute atomic E-state index is 12.8. The van der Waals surface area contributed by atoms with Crippen LogP contribution < -0.4 is 16.1 Å². The number of hydrogen-bond acceptors (Lipinski definition) is 12. The van der Waals surface area contributed by atoms with Crippen molar-refractivity contribution in [3.05, 3.63) is 6.33 Å². The van der Waals surface area contributed by atoms with E-state index >= 15 is 0 Å². The minimum Gasteiger partial charge on any atom is -0.465 e. The Morgan fingerprint density at radius 1 is 1.39 bits per heavy atom. The molecule has 15 nitrogen and oxygen atoms in total. The van der Waals surface area contributed by atoms with E-state index in [9.17, 15) is 24.5 Å². The van der Waals surface area contributed by atoms with Crippen molar-refractivity contribution in [3.63, 3.8) is 0 Å². The van der Waals surface area contributed by atoms with E-state index in [0.717, 1.165) is 12.8 Å². The highest BCUT2D eigenvalue weighted by Crippen LogP contribution is 2.44. The lowest BCUT2D eigenvalue weighted by atomic mass is 9.96. The fraction of sp³-hybridized carbons (Fsp3) is 0.727. The Balaban J connectivity index is 1.49. The van der Waals surface area contributed by atoms with Crippen molar-refractivity contribution in [2.75, 3.05) is 24.3 Å². The van der Waals surface area contributed by atoms with Gasteiger partial charge in [0, 0.05) is 6.04 Å². The SMILES string of the molecule is CCOC(=O)[C@H](CC(C)C)NP(=O)(O)OC[C@H]1O[C@@H](n2cnc3c(NC4CC4)nc(N)nc32)[C@@](C)(O)C1O. The standard InChI is InChI=1S/C22H36N7O8P/c1-5-35-19(31)13(8-11(2)3)28-38(33,34)36-9-14-16(30)22(4,32)20(37-14)29-10-24-15-17(25-12-6-7-12)26-21(23)27-18(15)29/h10-14,16,20,30,32H,5-9H2,1-4H3,(H2,28,33,34)(H3,23,25,26,27)/t13-,14+,16?,20+,22-/m0/s1. The number of imidazole rings is 1. The number of nitrogens with zero attached hydrogens (tertiary/aromatic N) is 4. The lowest BCUT2D eigenvalue weighted by molar-refractivity contribution is -0.145. The van der Waals surface area contributed by atoms with Gasteiger partial charge in [-0.1, -0.05) is 13.8 Å². The van der Waals surface area contributed by atoms with Gasteiger partial charge in [-0.05, 0) is 39.0 Å². The number of nitrogens with two attached hydrogens (primary N) is 1. The van der Waals surface area contributed by atoms with Gasteiger partial charge < -0.3 is 35.6 Å². The van der Waals surface area contributed by atoms with Gasteiger partial charge in [-0.3, -0.25) is 13.9 Å². The number of nitrogens with one attached hydrogen (secondary N) is 2. The molecule has 2 aliphatic rings. The summed E-state index contributed by atoms with van der Waals surface area (Å²) < 4.78 is 30.2. The molecule has 1 aliphatic heterocycles. The van der Waals surface area contributed by atoms with Gasteiger partial charge in [0.15, 0.2) is 23.2 Å². The van der Waals surface area contributed by atoms with Crippen molar-refractivity contribution < 1.29 is 38.5 Å². The normalized spacial score (nSPS) is 27.9. The molecule has 2 unspecified atom stereocenters. The van der Waals surface area contributed by atoms with Crippen LogP contribution >= 0.6 is 7.75 Å². The molecule has 0 spiro atoms. The second-order valence-electron chi connectivity index (χ2n) is 10.3. The molecule has 4 rings (SSSR count). The van der Waals surface area contributed by atoms with Crippen molar-refractivity contribution in [1.29, 1.82) is 0 Å². The average molecular weight is 558 g/mol. The fourth-order valence-electron chi connectivity index (χ4n) is 4.33. The van der Waals surface area contributed by atoms with Crippen LogP contribution in [-0.2, 0) is 23.4 Å². The molecule has 6 atom stereocenters. The quantitative estimate of drug-likeness (QED) is 0.156. The molecule has 3 heterocycles. The van der Waals surface area contributed by atoms with Crippen molar-refractivity contribution in [2.24, 2.45) is 5.92 Å². The third-order valence-electron chi connectivity index (χ3n) is 6.38. The Hall–Kier alpha value is -2.39. The number of esters is 1. The van der Waals surface area contributed by atoms with Crippen LogP contribution in [0.2, 0.25) is 0 Å². The molecule has 2 fully saturated rings. The van der Waals surface area contributed by atoms with Gasteiger partial charge in [-0.25, -0.2) is 14.6 Å². The van der Waals surface area contributed by atoms with Crippen LogP contribution in [0.4, 0.5) is 11.8 Å². The molecule has 212 valence electrons. The molecule has 0 amide bonds. The first kappa shape index (κ1) is 28.6. The summed E-state index contributed by atoms with van der Waals surface area (Å²) in [4.78, 5) is 35.4. The Morgan fingerprint density at radius 3 is 2.74 bits per heavy atom. The lowest BCUT2D eigenvalue weighted by Crippen LogP contribution is -2.44. The van der Waals surface area contributed by atoms with Crippen LogP contribution in [0, 0.1) is 5.92 Å². The third kappa shape index (κ3) is 6.25. The van der Waals surface area contributed by atoms with E-state index in [0.29, 0.717) is 11.3 Å². The number of carbonyl (C=O) groups excluding carboxylic acids is 1. The van der Waals surface area contributed by atoms with Crippen LogP contribution in [0.3, 0.4) is 0 Å². The van der Waals surface area contributed by atoms with Gasteiger partial charge in [0.2, 0.25) is 5.95 Å². The van der Waals surface area contributed by atoms with Gasteiger partial charge in [-0.15, -0.1) is 0 Å². The summed E-state index contributed by atoms with van der Waals surface area (Å²) in [6.07, 6.45) is -0.264. The van der Waals surface area contributed by atoms with E-state index in [-0.39, 0.29) is 36.6 Å². The summed E-state index contributed by atoms with van der Waals surface area (Å²) in [7, 11) is -4.53. The lowest BCUT2D eigenvalue weighted by Gasteiger charge is -2.27. The van der Waals surface area contributed by atoms with Crippen LogP contribution in [0.5, 0.6) is 0 Å². The number of fused-ring (bicyclic) bond motifs is 1. The van der Waals surface area contributed by atoms with E-state index in [2.05, 4.69) is 25.4 Å². The van der Waals surface area contributed by atoms with Crippen molar-refractivity contribution >= 4 is 36.6 Å². The Kier molecular flexibility index (Phi) is 8.28. The predicted molar refractivity (Wildman–Crippen MR) is 136 cm³/mol. The second-order valence-corrected chi connectivity index (χ2v) is 11.8. The average Bonchev–Trinajstić information content (AvgIpc) is 3.49. The second kappa shape index (κ2) is 11.0. The van der Waals surface area contributed by atoms with E-state index < -0.39 is 50.4 Å². The maximum Gasteiger partial charge on any atom is 0.403 e. The zero-order chi connectivity index (χ0) is 27.8. The molecule has 1 aliphatic carbocycles. The summed E-state index contributed by atoms with van der Waals surface area (Å²) >= 11 is 0. The first-order valence-electron chi connectivity index (χ1n) is 12.6. The van der Waals surface area contributed by atoms with Crippen molar-refractivity contribution in [1.82, 2.24) is 24.6 Å². The molecule has 38 heavy (non-hydrogen) atoms. The molecule has 0 aromatic carbocycles. The molecule has 7 N–H and O–H groups in total. The Morgan fingerprint density at radius 2 is 2.11 bits per heavy atom. The molecule has 1 saturated heterocycles. The third-order valence-corrected chi connectivity index (χ3v) is 7.51. The highest BCUT2D eigenvalue weighted by atomic mass is 31.2. The Labute approximate surface area is 219 Å². The van der Waals surface area contributed by atoms with Crippen LogP contribution in [0.25, 0.3) is 11.2 Å². The molecule has 0 bridgehead atoms. The van der Waals surface area contributed by atoms with E-state index in [1.807, 2.05) is 13.8 Å². The minimum atomic E-state index is -4.53. The van der Waals surface area contributed by atoms with Gasteiger partial charge >= 0.3 is 13.7 Å². The van der Waals surface area contributed by atoms with Crippen LogP contribution in [0.15, 0.2) is 6.33 Å². The largest absolute Gasteiger partial charge is 0.465 e. The number of ether oxygens (including phenoxy) is 2. The predicted octanol–water partition coefficient (Wildman–Crippen LogP) is 0.677. The molecule has 2 aromatic rings. The summed E-state index contributed by atoms with van der Waals surface area (Å²) in [5.41, 5.74) is 4.74. The van der Waals surface area contributed by atoms with E-state index in [4.69, 9.17) is 19.7 Å². The zero-order valence-electron chi connectivity index (χ0n) is 21.8. The molecule has 0 radical (unpaired) electrons. The van der Waals surface area contributed by atoms with Gasteiger partial charge in [0.05, 0.1) is 19.5 Å². The topological polar surface area (TPSA) is 216 Å². The first-order chi connectivity index (χ1) is 17.8. The number of carbonyl (C=O) groups is 1. The van der Waals surface area contributed by atoms with Crippen LogP contribution in [-0.4, -0.2) is 83.7 Å². The van der Waals surface area contributed by atoms with Gasteiger partial charge in [-0.2, -0.15) is 9.97 Å². The van der Waals surface area contributed by atoms with Crippen molar-refractivity contribution in [3.8, 4) is 0 Å². The number of aliphatic hydroxyl groups is 2. The van der Waals surface area contributed by atoms with Crippen molar-refractivity contribution in [2.45, 2.75) is 83.1 Å². The van der Waals surface area contributed by atoms with E-state index in [1.54, 1.807) is 6.92 Å². The number of rotatable bonds is 12. The van der Waals surface area contributed by atoms with Gasteiger partial charge in [0.1, 0.15) is 23.9 Å². The highest BCUT2D eigenvalue weighted by molar-refractivity contribution is 7.50. The summed E-state index contributed by atoms with van der Waals surface area (Å²) in [6, 6.07) is -0.796. The molecular formula is C22H36N7O8P. The number of anilines is 2. The molecule has 2 aromatic heterocycles. The summed E-state index contributed by atoms with van der Waals surface area (Å²) in [5.74, 6) is -0.208. The highest BCUT2D eigenvalue weighted by Gasteiger charge is 2.54. The summed E-state index contributed by atoms with van der Waals surface area (Å²) in [5, 5.41) is 27.5. The smallest absolute Gasteiger partial charge is 0.403 e. The zero-order valence-corrected chi connectivity index (χ0v) is 22.7. The number of aromatic nitrogens is 4. The summed E-state index contributed by atoms with van der Waals surface area (Å²) in [6.45, 7) is 6.25. The number of hydrogen-bond donors (Lipinski definition) is 6. The molecular weight excluding hydrogens is 521 g/mol. The first-order valence-corrected chi connectivity index (χ1v) is 14.1. The van der Waals surface area contributed by atoms with Crippen LogP contribution in [0.1, 0.15) is 53.2 Å².